The number of amides is 2. The van der Waals surface area contributed by atoms with Gasteiger partial charge >= 0.3 is 0 Å². The van der Waals surface area contributed by atoms with Crippen LogP contribution in [0.2, 0.25) is 0 Å². The second-order valence-electron chi connectivity index (χ2n) is 8.21. The number of nitrogens with one attached hydrogen (secondary N) is 1. The highest BCUT2D eigenvalue weighted by atomic mass is 16.5. The number of carbonyl (C=O) groups excluding carboxylic acids is 2. The quantitative estimate of drug-likeness (QED) is 0.643. The number of ether oxygens (including phenoxy) is 1. The monoisotopic (exact) mass is 437 g/mol. The molecule has 0 aliphatic heterocycles. The second-order valence-corrected chi connectivity index (χ2v) is 8.21. The van der Waals surface area contributed by atoms with Crippen LogP contribution in [0, 0.1) is 0 Å². The van der Waals surface area contributed by atoms with Gasteiger partial charge in [-0.1, -0.05) is 29.8 Å². The topological polar surface area (TPSA) is 80.6 Å². The fourth-order valence-corrected chi connectivity index (χ4v) is 3.87. The lowest BCUT2D eigenvalue weighted by molar-refractivity contribution is 0.0825. The summed E-state index contributed by atoms with van der Waals surface area (Å²) >= 11 is 0. The van der Waals surface area contributed by atoms with Crippen LogP contribution in [-0.2, 0) is 6.54 Å². The number of nitrogens with zero attached hydrogens (tertiary/aromatic N) is 2. The van der Waals surface area contributed by atoms with Gasteiger partial charge in [0.15, 0.2) is 0 Å². The van der Waals surface area contributed by atoms with E-state index in [1.54, 1.807) is 25.8 Å². The Morgan fingerprint density at radius 2 is 1.88 bits per heavy atom. The van der Waals surface area contributed by atoms with Crippen LogP contribution in [0.1, 0.15) is 58.4 Å². The zero-order valence-electron chi connectivity index (χ0n) is 19.0. The molecule has 1 heterocycles. The van der Waals surface area contributed by atoms with Gasteiger partial charge in [0.05, 0.1) is 13.7 Å². The summed E-state index contributed by atoms with van der Waals surface area (Å²) in [7, 11) is 4.75. The Hall–Kier alpha value is -3.35. The van der Waals surface area contributed by atoms with E-state index in [0.717, 1.165) is 24.8 Å². The highest BCUT2D eigenvalue weighted by molar-refractivity contribution is 5.99. The van der Waals surface area contributed by atoms with Gasteiger partial charge in [-0.05, 0) is 38.2 Å². The number of pyridine rings is 1. The first-order valence-electron chi connectivity index (χ1n) is 10.9. The van der Waals surface area contributed by atoms with Gasteiger partial charge in [0, 0.05) is 38.6 Å². The molecule has 1 aliphatic rings. The fraction of sp³-hybridized carbons (Fsp3) is 0.400. The minimum atomic E-state index is -0.561. The Balaban J connectivity index is 1.88. The Labute approximate surface area is 188 Å². The van der Waals surface area contributed by atoms with Gasteiger partial charge in [-0.2, -0.15) is 0 Å². The molecule has 0 fully saturated rings. The maximum atomic E-state index is 13.0. The molecule has 1 aliphatic carbocycles. The summed E-state index contributed by atoms with van der Waals surface area (Å²) in [5.74, 6) is -0.210. The minimum absolute atomic E-state index is 0.0347. The van der Waals surface area contributed by atoms with E-state index < -0.39 is 17.2 Å². The molecule has 0 saturated heterocycles. The molecule has 2 amide bonds. The third-order valence-electron chi connectivity index (χ3n) is 5.62. The van der Waals surface area contributed by atoms with Gasteiger partial charge in [-0.15, -0.1) is 0 Å². The Morgan fingerprint density at radius 3 is 2.56 bits per heavy atom. The van der Waals surface area contributed by atoms with Crippen molar-refractivity contribution < 1.29 is 14.3 Å². The molecule has 2 aromatic rings. The number of allylic oxidation sites excluding steroid dienone is 1. The van der Waals surface area contributed by atoms with Crippen LogP contribution in [0.3, 0.4) is 0 Å². The van der Waals surface area contributed by atoms with Crippen molar-refractivity contribution in [3.05, 3.63) is 75.2 Å². The summed E-state index contributed by atoms with van der Waals surface area (Å²) in [4.78, 5) is 39.8. The second kappa shape index (κ2) is 10.8. The van der Waals surface area contributed by atoms with E-state index in [1.165, 1.54) is 35.7 Å². The van der Waals surface area contributed by atoms with Crippen LogP contribution in [0.25, 0.3) is 0 Å². The maximum Gasteiger partial charge on any atom is 0.258 e. The molecule has 32 heavy (non-hydrogen) atoms. The van der Waals surface area contributed by atoms with Crippen molar-refractivity contribution in [2.75, 3.05) is 27.7 Å². The summed E-state index contributed by atoms with van der Waals surface area (Å²) in [6.07, 6.45) is 10.6. The highest BCUT2D eigenvalue weighted by Gasteiger charge is 2.21. The van der Waals surface area contributed by atoms with Crippen molar-refractivity contribution in [1.82, 2.24) is 14.8 Å². The summed E-state index contributed by atoms with van der Waals surface area (Å²) in [5, 5.41) is 2.85. The molecule has 7 nitrogen and oxygen atoms in total. The van der Waals surface area contributed by atoms with Crippen molar-refractivity contribution in [2.45, 2.75) is 38.6 Å². The molecule has 0 atom stereocenters. The van der Waals surface area contributed by atoms with Crippen LogP contribution < -0.4 is 15.5 Å². The van der Waals surface area contributed by atoms with E-state index in [1.807, 2.05) is 24.3 Å². The number of methoxy groups -OCH3 is 1. The molecule has 3 rings (SSSR count). The molecule has 0 unspecified atom stereocenters. The van der Waals surface area contributed by atoms with Gasteiger partial charge in [0.2, 0.25) is 5.43 Å². The van der Waals surface area contributed by atoms with E-state index in [4.69, 9.17) is 4.74 Å². The molecular weight excluding hydrogens is 406 g/mol. The zero-order valence-corrected chi connectivity index (χ0v) is 19.0. The zero-order chi connectivity index (χ0) is 23.1. The molecule has 1 aromatic carbocycles. The lowest BCUT2D eigenvalue weighted by atomic mass is 9.97. The molecule has 170 valence electrons. The molecule has 0 bridgehead atoms. The third kappa shape index (κ3) is 5.66. The van der Waals surface area contributed by atoms with Gasteiger partial charge in [0.1, 0.15) is 16.9 Å². The van der Waals surface area contributed by atoms with E-state index in [0.29, 0.717) is 18.8 Å². The van der Waals surface area contributed by atoms with Crippen LogP contribution in [-0.4, -0.2) is 49.0 Å². The number of benzene rings is 1. The Kier molecular flexibility index (Phi) is 7.87. The van der Waals surface area contributed by atoms with Crippen molar-refractivity contribution in [3.8, 4) is 5.75 Å². The number of aromatic nitrogens is 1. The summed E-state index contributed by atoms with van der Waals surface area (Å²) < 4.78 is 7.10. The predicted octanol–water partition coefficient (Wildman–Crippen LogP) is 3.23. The van der Waals surface area contributed by atoms with Crippen LogP contribution >= 0.6 is 0 Å². The van der Waals surface area contributed by atoms with Gasteiger partial charge in [-0.3, -0.25) is 14.4 Å². The summed E-state index contributed by atoms with van der Waals surface area (Å²) in [5.41, 5.74) is 1.59. The van der Waals surface area contributed by atoms with Crippen molar-refractivity contribution in [3.63, 3.8) is 0 Å². The average molecular weight is 438 g/mol. The van der Waals surface area contributed by atoms with E-state index in [-0.39, 0.29) is 11.1 Å². The van der Waals surface area contributed by atoms with Gasteiger partial charge in [0.25, 0.3) is 11.8 Å². The van der Waals surface area contributed by atoms with Gasteiger partial charge in [-0.25, -0.2) is 0 Å². The number of para-hydroxylation sites is 1. The smallest absolute Gasteiger partial charge is 0.258 e. The lowest BCUT2D eigenvalue weighted by Crippen LogP contribution is -2.35. The van der Waals surface area contributed by atoms with Gasteiger partial charge < -0.3 is 19.5 Å². The van der Waals surface area contributed by atoms with Crippen molar-refractivity contribution in [1.29, 1.82) is 0 Å². The summed E-state index contributed by atoms with van der Waals surface area (Å²) in [6, 6.07) is 7.51. The van der Waals surface area contributed by atoms with Crippen LogP contribution in [0.5, 0.6) is 5.75 Å². The maximum absolute atomic E-state index is 13.0. The normalized spacial score (nSPS) is 13.3. The number of hydrogen-bond donors (Lipinski definition) is 1. The molecule has 0 radical (unpaired) electrons. The highest BCUT2D eigenvalue weighted by Crippen LogP contribution is 2.20. The lowest BCUT2D eigenvalue weighted by Gasteiger charge is -2.16. The average Bonchev–Trinajstić information content (AvgIpc) is 2.80. The Morgan fingerprint density at radius 1 is 1.12 bits per heavy atom. The first-order valence-corrected chi connectivity index (χ1v) is 10.9. The number of rotatable bonds is 8. The fourth-order valence-electron chi connectivity index (χ4n) is 3.87. The van der Waals surface area contributed by atoms with Crippen LogP contribution in [0.15, 0.2) is 53.1 Å². The molecule has 0 spiro atoms. The first-order chi connectivity index (χ1) is 15.4. The minimum Gasteiger partial charge on any atom is -0.496 e. The number of hydrogen-bond acceptors (Lipinski definition) is 4. The van der Waals surface area contributed by atoms with Crippen molar-refractivity contribution in [2.24, 2.45) is 0 Å². The standard InChI is InChI=1S/C25H31N3O4/c1-27(2)25(31)21-17-28(15-19-11-7-8-12-22(19)32-3)16-20(23(21)29)24(30)26-14-13-18-9-5-4-6-10-18/h7-9,11-12,16-17H,4-6,10,13-15H2,1-3H3,(H,26,30). The van der Waals surface area contributed by atoms with Crippen molar-refractivity contribution >= 4 is 11.8 Å². The molecule has 1 N–H and O–H groups in total. The third-order valence-corrected chi connectivity index (χ3v) is 5.62. The first kappa shape index (κ1) is 23.3. The predicted molar refractivity (Wildman–Crippen MR) is 124 cm³/mol. The summed E-state index contributed by atoms with van der Waals surface area (Å²) in [6.45, 7) is 0.813. The van der Waals surface area contributed by atoms with E-state index in [9.17, 15) is 14.4 Å². The molecular formula is C25H31N3O4. The Bertz CT molecular complexity index is 1070. The van der Waals surface area contributed by atoms with E-state index >= 15 is 0 Å². The van der Waals surface area contributed by atoms with E-state index in [2.05, 4.69) is 11.4 Å². The van der Waals surface area contributed by atoms with Crippen LogP contribution in [0.4, 0.5) is 0 Å². The number of carbonyl (C=O) groups is 2. The molecule has 1 aromatic heterocycles. The molecule has 7 heteroatoms. The molecule has 0 saturated carbocycles. The largest absolute Gasteiger partial charge is 0.496 e. The SMILES string of the molecule is COc1ccccc1Cn1cc(C(=O)NCCC2=CCCCC2)c(=O)c(C(=O)N(C)C)c1.